The summed E-state index contributed by atoms with van der Waals surface area (Å²) in [6.07, 6.45) is 2.03. The van der Waals surface area contributed by atoms with Gasteiger partial charge in [0.25, 0.3) is 0 Å². The van der Waals surface area contributed by atoms with Crippen LogP contribution in [0.3, 0.4) is 0 Å². The molecule has 2 N–H and O–H groups in total. The van der Waals surface area contributed by atoms with E-state index < -0.39 is 36.3 Å². The van der Waals surface area contributed by atoms with Crippen molar-refractivity contribution in [2.75, 3.05) is 27.8 Å². The van der Waals surface area contributed by atoms with Gasteiger partial charge in [-0.3, -0.25) is 24.0 Å². The molecule has 11 heteroatoms. The summed E-state index contributed by atoms with van der Waals surface area (Å²) in [5.41, 5.74) is 0.955. The quantitative estimate of drug-likeness (QED) is 0.156. The number of ether oxygens (including phenoxy) is 2. The van der Waals surface area contributed by atoms with Crippen LogP contribution in [-0.2, 0) is 39.9 Å². The highest BCUT2D eigenvalue weighted by Gasteiger charge is 2.43. The van der Waals surface area contributed by atoms with E-state index in [1.807, 2.05) is 85.7 Å². The fourth-order valence-corrected chi connectivity index (χ4v) is 8.04. The molecule has 1 fully saturated rings. The number of hydrogen-bond donors (Lipinski definition) is 2. The van der Waals surface area contributed by atoms with Gasteiger partial charge in [-0.2, -0.15) is 0 Å². The molecule has 0 aliphatic carbocycles. The lowest BCUT2D eigenvalue weighted by molar-refractivity contribution is -0.148. The van der Waals surface area contributed by atoms with Gasteiger partial charge in [0.1, 0.15) is 6.04 Å². The lowest BCUT2D eigenvalue weighted by Gasteiger charge is -2.41. The van der Waals surface area contributed by atoms with Gasteiger partial charge in [-0.05, 0) is 49.0 Å². The molecule has 0 bridgehead atoms. The van der Waals surface area contributed by atoms with Crippen molar-refractivity contribution in [1.29, 1.82) is 0 Å². The average molecular weight is 757 g/mol. The second kappa shape index (κ2) is 22.3. The van der Waals surface area contributed by atoms with Crippen molar-refractivity contribution in [2.24, 2.45) is 35.5 Å². The summed E-state index contributed by atoms with van der Waals surface area (Å²) in [7, 11) is 4.87. The SMILES string of the molecule is CC[C@H](C(=O)N[C@H](C(=O)N(C)[C@@H]([C@@H](C)CC)[C@@H](CC(=O)N1CCC[C@H]1[C@H](OC)[C@@H](C)C(=O)N[C@@H](Cc1ccccc1)C(=O)C(C)C)OC)C(C)C)C(C)C. The Labute approximate surface area is 326 Å². The van der Waals surface area contributed by atoms with Crippen LogP contribution in [0.15, 0.2) is 30.3 Å². The van der Waals surface area contributed by atoms with E-state index in [0.717, 1.165) is 18.4 Å². The van der Waals surface area contributed by atoms with E-state index in [9.17, 15) is 24.0 Å². The van der Waals surface area contributed by atoms with Gasteiger partial charge in [0, 0.05) is 39.6 Å². The second-order valence-electron chi connectivity index (χ2n) is 16.4. The molecular formula is C43H72N4O7. The first kappa shape index (κ1) is 46.8. The molecular weight excluding hydrogens is 684 g/mol. The smallest absolute Gasteiger partial charge is 0.245 e. The first-order valence-corrected chi connectivity index (χ1v) is 20.2. The van der Waals surface area contributed by atoms with Crippen LogP contribution in [-0.4, -0.2) is 103 Å². The van der Waals surface area contributed by atoms with Crippen molar-refractivity contribution in [2.45, 2.75) is 144 Å². The Bertz CT molecular complexity index is 1350. The minimum atomic E-state index is -0.726. The zero-order chi connectivity index (χ0) is 40.9. The number of amides is 4. The molecule has 1 aromatic rings. The molecule has 54 heavy (non-hydrogen) atoms. The molecule has 2 rings (SSSR count). The zero-order valence-electron chi connectivity index (χ0n) is 35.5. The molecule has 0 saturated carbocycles. The van der Waals surface area contributed by atoms with Crippen LogP contribution in [0.5, 0.6) is 0 Å². The number of nitrogens with zero attached hydrogens (tertiary/aromatic N) is 2. The molecule has 1 aliphatic heterocycles. The van der Waals surface area contributed by atoms with Gasteiger partial charge >= 0.3 is 0 Å². The third kappa shape index (κ3) is 12.4. The number of ketones is 1. The van der Waals surface area contributed by atoms with E-state index >= 15 is 0 Å². The number of carbonyl (C=O) groups is 5. The summed E-state index contributed by atoms with van der Waals surface area (Å²) in [5.74, 6) is -1.94. The standard InChI is InChI=1S/C43H72N4O7/c1-14-29(9)38(46(11)43(52)37(27(5)6)45-42(51)32(15-2)26(3)4)35(53-12)25-36(48)47-23-19-22-34(47)40(54-13)30(10)41(50)44-33(39(49)28(7)8)24-31-20-17-16-18-21-31/h16-18,20-21,26-30,32-35,37-38,40H,14-15,19,22-25H2,1-13H3,(H,44,50)(H,45,51)/t29-,30+,32-,33-,34-,35+,37-,38-,40+/m0/s1. The lowest BCUT2D eigenvalue weighted by Crippen LogP contribution is -2.58. The molecule has 0 spiro atoms. The fraction of sp³-hybridized carbons (Fsp3) is 0.744. The molecule has 1 heterocycles. The van der Waals surface area contributed by atoms with E-state index in [2.05, 4.69) is 17.6 Å². The maximum absolute atomic E-state index is 14.2. The minimum Gasteiger partial charge on any atom is -0.379 e. The van der Waals surface area contributed by atoms with Crippen molar-refractivity contribution >= 4 is 29.4 Å². The Morgan fingerprint density at radius 1 is 0.852 bits per heavy atom. The van der Waals surface area contributed by atoms with Crippen LogP contribution in [0, 0.1) is 35.5 Å². The number of rotatable bonds is 22. The van der Waals surface area contributed by atoms with E-state index in [-0.39, 0.29) is 71.5 Å². The van der Waals surface area contributed by atoms with Gasteiger partial charge < -0.3 is 29.9 Å². The van der Waals surface area contributed by atoms with Crippen molar-refractivity contribution in [3.05, 3.63) is 35.9 Å². The minimum absolute atomic E-state index is 0.0125. The second-order valence-corrected chi connectivity index (χ2v) is 16.4. The highest BCUT2D eigenvalue weighted by molar-refractivity contribution is 5.91. The Morgan fingerprint density at radius 3 is 1.98 bits per heavy atom. The van der Waals surface area contributed by atoms with Gasteiger partial charge in [-0.1, -0.05) is 106 Å². The third-order valence-electron chi connectivity index (χ3n) is 11.6. The molecule has 0 unspecified atom stereocenters. The Kier molecular flexibility index (Phi) is 19.3. The monoisotopic (exact) mass is 757 g/mol. The van der Waals surface area contributed by atoms with E-state index in [4.69, 9.17) is 9.47 Å². The molecule has 1 aliphatic rings. The summed E-state index contributed by atoms with van der Waals surface area (Å²) in [6.45, 7) is 19.9. The molecule has 0 aromatic heterocycles. The number of benzene rings is 1. The zero-order valence-corrected chi connectivity index (χ0v) is 35.5. The predicted octanol–water partition coefficient (Wildman–Crippen LogP) is 5.68. The highest BCUT2D eigenvalue weighted by Crippen LogP contribution is 2.30. The third-order valence-corrected chi connectivity index (χ3v) is 11.6. The van der Waals surface area contributed by atoms with Gasteiger partial charge in [0.15, 0.2) is 5.78 Å². The molecule has 1 aromatic carbocycles. The fourth-order valence-electron chi connectivity index (χ4n) is 8.04. The van der Waals surface area contributed by atoms with Crippen molar-refractivity contribution in [3.63, 3.8) is 0 Å². The van der Waals surface area contributed by atoms with Crippen molar-refractivity contribution in [1.82, 2.24) is 20.4 Å². The van der Waals surface area contributed by atoms with Crippen LogP contribution < -0.4 is 10.6 Å². The van der Waals surface area contributed by atoms with Crippen molar-refractivity contribution < 1.29 is 33.4 Å². The Hall–Kier alpha value is -3.31. The molecule has 1 saturated heterocycles. The summed E-state index contributed by atoms with van der Waals surface area (Å²) in [6, 6.07) is 7.42. The van der Waals surface area contributed by atoms with Crippen LogP contribution in [0.25, 0.3) is 0 Å². The maximum Gasteiger partial charge on any atom is 0.245 e. The number of hydrogen-bond acceptors (Lipinski definition) is 7. The first-order valence-electron chi connectivity index (χ1n) is 20.2. The van der Waals surface area contributed by atoms with Gasteiger partial charge in [0.05, 0.1) is 42.7 Å². The van der Waals surface area contributed by atoms with Crippen LogP contribution in [0.4, 0.5) is 0 Å². The van der Waals surface area contributed by atoms with Gasteiger partial charge in [0.2, 0.25) is 23.6 Å². The summed E-state index contributed by atoms with van der Waals surface area (Å²) < 4.78 is 12.0. The van der Waals surface area contributed by atoms with Gasteiger partial charge in [-0.25, -0.2) is 0 Å². The molecule has 306 valence electrons. The summed E-state index contributed by atoms with van der Waals surface area (Å²) in [5, 5.41) is 6.07. The largest absolute Gasteiger partial charge is 0.379 e. The first-order chi connectivity index (χ1) is 25.4. The van der Waals surface area contributed by atoms with E-state index in [1.54, 1.807) is 38.0 Å². The Morgan fingerprint density at radius 2 is 1.48 bits per heavy atom. The normalized spacial score (nSPS) is 19.1. The number of methoxy groups -OCH3 is 2. The highest BCUT2D eigenvalue weighted by atomic mass is 16.5. The molecule has 9 atom stereocenters. The Balaban J connectivity index is 2.29. The summed E-state index contributed by atoms with van der Waals surface area (Å²) in [4.78, 5) is 72.2. The van der Waals surface area contributed by atoms with Gasteiger partial charge in [-0.15, -0.1) is 0 Å². The molecule has 0 radical (unpaired) electrons. The van der Waals surface area contributed by atoms with Crippen molar-refractivity contribution in [3.8, 4) is 0 Å². The van der Waals surface area contributed by atoms with E-state index in [0.29, 0.717) is 25.8 Å². The van der Waals surface area contributed by atoms with Crippen LogP contribution in [0.2, 0.25) is 0 Å². The lowest BCUT2D eigenvalue weighted by atomic mass is 9.88. The number of likely N-dealkylation sites (tertiary alicyclic amines) is 1. The number of likely N-dealkylation sites (N-methyl/N-ethyl adjacent to an activating group) is 1. The van der Waals surface area contributed by atoms with Crippen LogP contribution >= 0.6 is 0 Å². The average Bonchev–Trinajstić information content (AvgIpc) is 3.62. The number of Topliss-reactive ketones (excluding diaryl/α,β-unsaturated/α-hetero) is 1. The maximum atomic E-state index is 14.2. The topological polar surface area (TPSA) is 134 Å². The predicted molar refractivity (Wildman–Crippen MR) is 213 cm³/mol. The number of nitrogens with one attached hydrogen (secondary N) is 2. The molecule has 11 nitrogen and oxygen atoms in total. The summed E-state index contributed by atoms with van der Waals surface area (Å²) >= 11 is 0. The van der Waals surface area contributed by atoms with E-state index in [1.165, 1.54) is 0 Å². The number of carbonyl (C=O) groups excluding carboxylic acids is 5. The molecule has 4 amide bonds. The van der Waals surface area contributed by atoms with Crippen LogP contribution in [0.1, 0.15) is 107 Å².